The largest absolute Gasteiger partial charge is 0.324 e. The van der Waals surface area contributed by atoms with Crippen LogP contribution in [0.15, 0.2) is 0 Å². The molecule has 5 heteroatoms. The van der Waals surface area contributed by atoms with Gasteiger partial charge in [-0.05, 0) is 31.6 Å². The summed E-state index contributed by atoms with van der Waals surface area (Å²) in [5.41, 5.74) is -0.125. The summed E-state index contributed by atoms with van der Waals surface area (Å²) in [5.74, 6) is 4.89. The molecule has 112 valence electrons. The zero-order chi connectivity index (χ0) is 13.6. The molecule has 4 aliphatic rings. The van der Waals surface area contributed by atoms with Gasteiger partial charge in [-0.1, -0.05) is 12.8 Å². The number of hydrogen-bond acceptors (Lipinski definition) is 4. The third-order valence-corrected chi connectivity index (χ3v) is 8.14. The van der Waals surface area contributed by atoms with Gasteiger partial charge in [-0.2, -0.15) is 23.5 Å². The van der Waals surface area contributed by atoms with Crippen molar-refractivity contribution >= 4 is 29.4 Å². The molecule has 0 bridgehead atoms. The maximum absolute atomic E-state index is 12.8. The Morgan fingerprint density at radius 2 is 2.05 bits per heavy atom. The summed E-state index contributed by atoms with van der Waals surface area (Å²) in [7, 11) is 0. The summed E-state index contributed by atoms with van der Waals surface area (Å²) >= 11 is 4.13. The number of thioether (sulfide) groups is 2. The lowest BCUT2D eigenvalue weighted by atomic mass is 10.0. The van der Waals surface area contributed by atoms with E-state index in [4.69, 9.17) is 0 Å². The number of amides is 1. The molecule has 20 heavy (non-hydrogen) atoms. The number of nitrogens with one attached hydrogen (secondary N) is 1. The fraction of sp³-hybridized carbons (Fsp3) is 0.933. The second-order valence-corrected chi connectivity index (χ2v) is 9.30. The molecule has 2 atom stereocenters. The van der Waals surface area contributed by atoms with E-state index in [0.29, 0.717) is 23.2 Å². The van der Waals surface area contributed by atoms with Crippen molar-refractivity contribution < 1.29 is 4.79 Å². The molecule has 0 aromatic heterocycles. The molecule has 1 N–H and O–H groups in total. The van der Waals surface area contributed by atoms with E-state index >= 15 is 0 Å². The molecule has 2 heterocycles. The molecular weight excluding hydrogens is 288 g/mol. The average molecular weight is 313 g/mol. The molecule has 4 fully saturated rings. The number of carbonyl (C=O) groups is 1. The van der Waals surface area contributed by atoms with Gasteiger partial charge in [0, 0.05) is 29.1 Å². The Morgan fingerprint density at radius 1 is 1.25 bits per heavy atom. The van der Waals surface area contributed by atoms with Gasteiger partial charge in [0.05, 0.1) is 11.7 Å². The normalized spacial score (nSPS) is 37.0. The predicted octanol–water partition coefficient (Wildman–Crippen LogP) is 2.32. The molecule has 2 aliphatic carbocycles. The van der Waals surface area contributed by atoms with E-state index in [-0.39, 0.29) is 5.54 Å². The summed E-state index contributed by atoms with van der Waals surface area (Å²) in [5, 5.41) is 4.38. The number of nitrogens with zero attached hydrogens (tertiary/aromatic N) is 1. The van der Waals surface area contributed by atoms with Gasteiger partial charge in [0.1, 0.15) is 0 Å². The van der Waals surface area contributed by atoms with Crippen LogP contribution in [0.3, 0.4) is 0 Å². The highest BCUT2D eigenvalue weighted by Gasteiger charge is 2.60. The van der Waals surface area contributed by atoms with Crippen molar-refractivity contribution in [2.24, 2.45) is 5.92 Å². The molecule has 2 aliphatic heterocycles. The van der Waals surface area contributed by atoms with Gasteiger partial charge < -0.3 is 4.90 Å². The van der Waals surface area contributed by atoms with Gasteiger partial charge in [-0.3, -0.25) is 10.1 Å². The van der Waals surface area contributed by atoms with Gasteiger partial charge >= 0.3 is 0 Å². The lowest BCUT2D eigenvalue weighted by molar-refractivity contribution is -0.131. The number of rotatable bonds is 3. The van der Waals surface area contributed by atoms with Crippen LogP contribution in [0, 0.1) is 5.92 Å². The first-order chi connectivity index (χ1) is 9.78. The van der Waals surface area contributed by atoms with E-state index in [1.54, 1.807) is 0 Å². The quantitative estimate of drug-likeness (QED) is 0.867. The van der Waals surface area contributed by atoms with Crippen LogP contribution in [0.4, 0.5) is 0 Å². The van der Waals surface area contributed by atoms with Crippen molar-refractivity contribution in [1.82, 2.24) is 10.2 Å². The minimum absolute atomic E-state index is 0.125. The zero-order valence-corrected chi connectivity index (χ0v) is 13.6. The van der Waals surface area contributed by atoms with Crippen LogP contribution in [0.25, 0.3) is 0 Å². The number of carbonyl (C=O) groups excluding carboxylic acids is 1. The van der Waals surface area contributed by atoms with E-state index in [2.05, 4.69) is 33.7 Å². The first kappa shape index (κ1) is 13.8. The molecule has 2 saturated carbocycles. The van der Waals surface area contributed by atoms with Crippen LogP contribution in [-0.4, -0.2) is 51.6 Å². The van der Waals surface area contributed by atoms with E-state index in [1.807, 2.05) is 0 Å². The molecule has 0 aromatic rings. The first-order valence-electron chi connectivity index (χ1n) is 8.07. The summed E-state index contributed by atoms with van der Waals surface area (Å²) in [6.07, 6.45) is 7.81. The Morgan fingerprint density at radius 3 is 2.70 bits per heavy atom. The van der Waals surface area contributed by atoms with Gasteiger partial charge in [0.15, 0.2) is 0 Å². The minimum Gasteiger partial charge on any atom is -0.324 e. The van der Waals surface area contributed by atoms with Crippen LogP contribution in [0.5, 0.6) is 0 Å². The lowest BCUT2D eigenvalue weighted by Crippen LogP contribution is -2.46. The van der Waals surface area contributed by atoms with Crippen LogP contribution >= 0.6 is 23.5 Å². The highest BCUT2D eigenvalue weighted by atomic mass is 32.2. The average Bonchev–Trinajstić information content (AvgIpc) is 2.96. The van der Waals surface area contributed by atoms with Crippen molar-refractivity contribution in [3.63, 3.8) is 0 Å². The van der Waals surface area contributed by atoms with Crippen molar-refractivity contribution in [2.45, 2.75) is 55.5 Å². The Labute approximate surface area is 130 Å². The lowest BCUT2D eigenvalue weighted by Gasteiger charge is -2.33. The topological polar surface area (TPSA) is 32.3 Å². The molecule has 2 saturated heterocycles. The standard InChI is InChI=1S/C15H24N2OS2/c18-14-15(5-6-15)16-13(11-3-1-2-4-11)17(14)9-12-10-19-7-8-20-12/h11-13,16H,1-10H2. The maximum atomic E-state index is 12.8. The Kier molecular flexibility index (Phi) is 3.72. The highest BCUT2D eigenvalue weighted by molar-refractivity contribution is 8.06. The molecular formula is C15H24N2OS2. The van der Waals surface area contributed by atoms with Gasteiger partial charge in [-0.25, -0.2) is 0 Å². The molecule has 1 spiro atoms. The number of hydrogen-bond donors (Lipinski definition) is 1. The van der Waals surface area contributed by atoms with Crippen molar-refractivity contribution in [2.75, 3.05) is 23.8 Å². The minimum atomic E-state index is -0.125. The summed E-state index contributed by atoms with van der Waals surface area (Å²) in [4.78, 5) is 15.0. The molecule has 1 amide bonds. The van der Waals surface area contributed by atoms with Crippen LogP contribution in [0.1, 0.15) is 38.5 Å². The maximum Gasteiger partial charge on any atom is 0.244 e. The van der Waals surface area contributed by atoms with Crippen molar-refractivity contribution in [1.29, 1.82) is 0 Å². The summed E-state index contributed by atoms with van der Waals surface area (Å²) in [6, 6.07) is 0. The third kappa shape index (κ3) is 2.40. The molecule has 2 unspecified atom stereocenters. The third-order valence-electron chi connectivity index (χ3n) is 5.31. The molecule has 0 aromatic carbocycles. The van der Waals surface area contributed by atoms with Gasteiger partial charge in [0.25, 0.3) is 0 Å². The fourth-order valence-corrected chi connectivity index (χ4v) is 6.67. The van der Waals surface area contributed by atoms with Crippen LogP contribution < -0.4 is 5.32 Å². The van der Waals surface area contributed by atoms with Crippen molar-refractivity contribution in [3.8, 4) is 0 Å². The van der Waals surface area contributed by atoms with Gasteiger partial charge in [0.2, 0.25) is 5.91 Å². The van der Waals surface area contributed by atoms with Crippen LogP contribution in [0.2, 0.25) is 0 Å². The highest BCUT2D eigenvalue weighted by Crippen LogP contribution is 2.45. The monoisotopic (exact) mass is 312 g/mol. The van der Waals surface area contributed by atoms with E-state index in [1.165, 1.54) is 42.9 Å². The molecule has 3 nitrogen and oxygen atoms in total. The summed E-state index contributed by atoms with van der Waals surface area (Å²) in [6.45, 7) is 0.979. The van der Waals surface area contributed by atoms with Crippen molar-refractivity contribution in [3.05, 3.63) is 0 Å². The zero-order valence-electron chi connectivity index (χ0n) is 12.0. The van der Waals surface area contributed by atoms with E-state index < -0.39 is 0 Å². The van der Waals surface area contributed by atoms with Crippen LogP contribution in [-0.2, 0) is 4.79 Å². The van der Waals surface area contributed by atoms with E-state index in [0.717, 1.165) is 19.4 Å². The first-order valence-corrected chi connectivity index (χ1v) is 10.3. The SMILES string of the molecule is O=C1N(CC2CSCCS2)C(C2CCCC2)NC12CC2. The smallest absolute Gasteiger partial charge is 0.244 e. The Bertz CT molecular complexity index is 387. The summed E-state index contributed by atoms with van der Waals surface area (Å²) < 4.78 is 0. The second-order valence-electron chi connectivity index (χ2n) is 6.74. The second kappa shape index (κ2) is 5.40. The Hall–Kier alpha value is 0.130. The van der Waals surface area contributed by atoms with Gasteiger partial charge in [-0.15, -0.1) is 0 Å². The Balaban J connectivity index is 1.49. The predicted molar refractivity (Wildman–Crippen MR) is 86.1 cm³/mol. The molecule has 4 rings (SSSR count). The molecule has 0 radical (unpaired) electrons. The fourth-order valence-electron chi connectivity index (χ4n) is 4.01. The van der Waals surface area contributed by atoms with E-state index in [9.17, 15) is 4.79 Å².